The highest BCUT2D eigenvalue weighted by Crippen LogP contribution is 2.46. The van der Waals surface area contributed by atoms with Gasteiger partial charge in [-0.1, -0.05) is 32.9 Å². The number of thioether (sulfide) groups is 1. The summed E-state index contributed by atoms with van der Waals surface area (Å²) in [6.45, 7) is 19.0. The average molecular weight is 854 g/mol. The molecule has 4 aliphatic heterocycles. The molecule has 0 saturated carbocycles. The molecule has 3 fully saturated rings. The molecule has 4 aromatic rings. The topological polar surface area (TPSA) is 148 Å². The van der Waals surface area contributed by atoms with Crippen molar-refractivity contribution in [2.24, 2.45) is 0 Å². The van der Waals surface area contributed by atoms with Gasteiger partial charge in [0, 0.05) is 96.3 Å². The van der Waals surface area contributed by atoms with Crippen LogP contribution in [-0.4, -0.2) is 112 Å². The minimum atomic E-state index is -0.986. The number of nitrogens with one attached hydrogen (secondary N) is 2. The summed E-state index contributed by atoms with van der Waals surface area (Å²) in [5, 5.41) is 3.09. The van der Waals surface area contributed by atoms with Crippen LogP contribution in [0, 0.1) is 6.57 Å². The van der Waals surface area contributed by atoms with Crippen LogP contribution in [0.15, 0.2) is 53.4 Å². The SMILES string of the molecule is [C-]#[N+]c1ccc2c3c([nH]c2c1)C(C)(C)c1cc(N2CCC(N4CCN(C(=O)CCCCSc5ccc6c(c5)C(=O)N(C5CCC(=O)NC5=O)C6=O)CC4)CC2)c(CC)cc1C3=O. The standard InChI is InChI=1S/C48H51N7O6S/c1-5-28-24-35-36(48(2,3)44-42(43(35)58)33-11-9-29(49-4)25-37(33)50-44)27-39(28)53-17-15-30(16-18-53)52-19-21-54(22-20-52)41(57)8-6-7-23-62-31-10-12-32-34(26-31)47(61)55(46(32)60)38-13-14-40(56)51-45(38)59/h9-12,24-27,30,38,50H,5-8,13-23H2,1-3H3,(H,51,56,59). The summed E-state index contributed by atoms with van der Waals surface area (Å²) >= 11 is 1.57. The highest BCUT2D eigenvalue weighted by Gasteiger charge is 2.45. The molecule has 0 radical (unpaired) electrons. The first-order chi connectivity index (χ1) is 29.9. The molecule has 1 aromatic heterocycles. The number of benzene rings is 3. The third kappa shape index (κ3) is 7.28. The number of hydrogen-bond acceptors (Lipinski definition) is 9. The number of nitrogens with zero attached hydrogens (tertiary/aromatic N) is 5. The van der Waals surface area contributed by atoms with E-state index < -0.39 is 35.1 Å². The molecule has 14 heteroatoms. The number of ketones is 1. The largest absolute Gasteiger partial charge is 0.371 e. The number of hydrogen-bond donors (Lipinski definition) is 2. The smallest absolute Gasteiger partial charge is 0.262 e. The predicted molar refractivity (Wildman–Crippen MR) is 237 cm³/mol. The lowest BCUT2D eigenvalue weighted by Crippen LogP contribution is -2.54. The normalized spacial score (nSPS) is 20.3. The summed E-state index contributed by atoms with van der Waals surface area (Å²) in [4.78, 5) is 93.5. The monoisotopic (exact) mass is 853 g/mol. The predicted octanol–water partition coefficient (Wildman–Crippen LogP) is 6.63. The van der Waals surface area contributed by atoms with Crippen molar-refractivity contribution >= 4 is 69.4 Å². The Bertz CT molecular complexity index is 2590. The number of piperazine rings is 1. The first-order valence-corrected chi connectivity index (χ1v) is 22.9. The number of carbonyl (C=O) groups is 6. The maximum Gasteiger partial charge on any atom is 0.262 e. The van der Waals surface area contributed by atoms with Crippen molar-refractivity contribution in [2.75, 3.05) is 49.9 Å². The van der Waals surface area contributed by atoms with E-state index in [0.717, 1.165) is 120 Å². The molecule has 5 heterocycles. The van der Waals surface area contributed by atoms with Crippen molar-refractivity contribution in [1.29, 1.82) is 0 Å². The van der Waals surface area contributed by atoms with Gasteiger partial charge in [0.05, 0.1) is 23.3 Å². The van der Waals surface area contributed by atoms with Gasteiger partial charge in [0.2, 0.25) is 17.7 Å². The second-order valence-electron chi connectivity index (χ2n) is 17.6. The maximum atomic E-state index is 14.1. The Morgan fingerprint density at radius 1 is 0.871 bits per heavy atom. The zero-order valence-corrected chi connectivity index (χ0v) is 36.3. The van der Waals surface area contributed by atoms with Crippen LogP contribution in [0.3, 0.4) is 0 Å². The number of aromatic nitrogens is 1. The third-order valence-corrected chi connectivity index (χ3v) is 14.8. The van der Waals surface area contributed by atoms with Crippen molar-refractivity contribution in [3.63, 3.8) is 0 Å². The second-order valence-corrected chi connectivity index (χ2v) is 18.8. The van der Waals surface area contributed by atoms with Crippen molar-refractivity contribution in [1.82, 2.24) is 25.0 Å². The molecule has 3 saturated heterocycles. The number of H-pyrrole nitrogens is 1. The first kappa shape index (κ1) is 41.6. The Balaban J connectivity index is 0.739. The molecule has 0 bridgehead atoms. The fourth-order valence-electron chi connectivity index (χ4n) is 10.2. The van der Waals surface area contributed by atoms with Gasteiger partial charge in [-0.2, -0.15) is 0 Å². The Morgan fingerprint density at radius 2 is 1.63 bits per heavy atom. The summed E-state index contributed by atoms with van der Waals surface area (Å²) in [6.07, 6.45) is 5.19. The van der Waals surface area contributed by atoms with E-state index >= 15 is 0 Å². The fraction of sp³-hybridized carbons (Fsp3) is 0.438. The zero-order chi connectivity index (χ0) is 43.4. The van der Waals surface area contributed by atoms with E-state index in [1.165, 1.54) is 11.3 Å². The molecule has 62 heavy (non-hydrogen) atoms. The van der Waals surface area contributed by atoms with E-state index in [9.17, 15) is 28.8 Å². The van der Waals surface area contributed by atoms with Crippen molar-refractivity contribution in [3.05, 3.63) is 99.0 Å². The molecule has 5 aliphatic rings. The van der Waals surface area contributed by atoms with Crippen LogP contribution in [-0.2, 0) is 26.2 Å². The Labute approximate surface area is 365 Å². The van der Waals surface area contributed by atoms with Crippen LogP contribution < -0.4 is 10.2 Å². The molecular formula is C48H51N7O6S. The Hall–Kier alpha value is -5.78. The van der Waals surface area contributed by atoms with Crippen LogP contribution in [0.25, 0.3) is 15.7 Å². The summed E-state index contributed by atoms with van der Waals surface area (Å²) in [6, 6.07) is 14.5. The number of anilines is 1. The Morgan fingerprint density at radius 3 is 2.35 bits per heavy atom. The van der Waals surface area contributed by atoms with E-state index in [4.69, 9.17) is 6.57 Å². The minimum Gasteiger partial charge on any atom is -0.371 e. The fourth-order valence-corrected chi connectivity index (χ4v) is 11.2. The van der Waals surface area contributed by atoms with Gasteiger partial charge >= 0.3 is 0 Å². The molecule has 2 N–H and O–H groups in total. The molecular weight excluding hydrogens is 803 g/mol. The summed E-state index contributed by atoms with van der Waals surface area (Å²) in [7, 11) is 0. The van der Waals surface area contributed by atoms with Gasteiger partial charge in [-0.05, 0) is 91.8 Å². The van der Waals surface area contributed by atoms with Crippen molar-refractivity contribution in [3.8, 4) is 0 Å². The molecule has 320 valence electrons. The highest BCUT2D eigenvalue weighted by atomic mass is 32.2. The van der Waals surface area contributed by atoms with Gasteiger partial charge in [-0.25, -0.2) is 4.85 Å². The molecule has 0 spiro atoms. The summed E-state index contributed by atoms with van der Waals surface area (Å²) in [5.74, 6) is -1.06. The van der Waals surface area contributed by atoms with Crippen molar-refractivity contribution in [2.45, 2.75) is 94.5 Å². The number of aryl methyl sites for hydroxylation is 1. The van der Waals surface area contributed by atoms with Crippen LogP contribution in [0.2, 0.25) is 0 Å². The lowest BCUT2D eigenvalue weighted by Gasteiger charge is -2.44. The lowest BCUT2D eigenvalue weighted by atomic mass is 9.70. The van der Waals surface area contributed by atoms with E-state index in [1.54, 1.807) is 30.0 Å². The minimum absolute atomic E-state index is 0.0440. The van der Waals surface area contributed by atoms with Gasteiger partial charge in [-0.15, -0.1) is 11.8 Å². The van der Waals surface area contributed by atoms with Gasteiger partial charge in [0.1, 0.15) is 6.04 Å². The molecule has 13 nitrogen and oxygen atoms in total. The van der Waals surface area contributed by atoms with Gasteiger partial charge in [-0.3, -0.25) is 43.9 Å². The number of unbranched alkanes of at least 4 members (excludes halogenated alkanes) is 1. The number of rotatable bonds is 10. The molecule has 1 aliphatic carbocycles. The van der Waals surface area contributed by atoms with E-state index in [-0.39, 0.29) is 35.7 Å². The number of amides is 5. The number of piperidine rings is 2. The number of fused-ring (bicyclic) bond motifs is 5. The van der Waals surface area contributed by atoms with Crippen molar-refractivity contribution < 1.29 is 28.8 Å². The average Bonchev–Trinajstić information content (AvgIpc) is 3.79. The number of imide groups is 2. The zero-order valence-electron chi connectivity index (χ0n) is 35.5. The van der Waals surface area contributed by atoms with Crippen LogP contribution >= 0.6 is 11.8 Å². The maximum absolute atomic E-state index is 14.1. The third-order valence-electron chi connectivity index (χ3n) is 13.7. The second kappa shape index (κ2) is 16.5. The van der Waals surface area contributed by atoms with E-state index in [0.29, 0.717) is 18.2 Å². The molecule has 9 rings (SSSR count). The summed E-state index contributed by atoms with van der Waals surface area (Å²) in [5.41, 5.74) is 7.34. The van der Waals surface area contributed by atoms with Gasteiger partial charge in [0.15, 0.2) is 11.5 Å². The van der Waals surface area contributed by atoms with Crippen LogP contribution in [0.4, 0.5) is 11.4 Å². The molecule has 1 unspecified atom stereocenters. The molecule has 1 atom stereocenters. The van der Waals surface area contributed by atoms with E-state index in [1.807, 2.05) is 23.1 Å². The molecule has 3 aromatic carbocycles. The summed E-state index contributed by atoms with van der Waals surface area (Å²) < 4.78 is 0. The van der Waals surface area contributed by atoms with Crippen LogP contribution in [0.5, 0.6) is 0 Å². The number of carbonyl (C=O) groups excluding carboxylic acids is 6. The highest BCUT2D eigenvalue weighted by molar-refractivity contribution is 7.99. The Kier molecular flexibility index (Phi) is 11.1. The van der Waals surface area contributed by atoms with E-state index in [2.05, 4.69) is 57.8 Å². The first-order valence-electron chi connectivity index (χ1n) is 21.9. The molecule has 5 amide bonds. The number of aromatic amines is 1. The van der Waals surface area contributed by atoms with Gasteiger partial charge in [0.25, 0.3) is 11.8 Å². The van der Waals surface area contributed by atoms with Gasteiger partial charge < -0.3 is 14.8 Å². The van der Waals surface area contributed by atoms with Crippen LogP contribution in [0.1, 0.15) is 119 Å². The quantitative estimate of drug-likeness (QED) is 0.0777. The lowest BCUT2D eigenvalue weighted by molar-refractivity contribution is -0.136.